The summed E-state index contributed by atoms with van der Waals surface area (Å²) in [7, 11) is 4.70. The summed E-state index contributed by atoms with van der Waals surface area (Å²) in [5.41, 5.74) is 0.875. The molecule has 0 aromatic heterocycles. The summed E-state index contributed by atoms with van der Waals surface area (Å²) in [6, 6.07) is 13.5. The molecular weight excluding hydrogens is 338 g/mol. The minimum Gasteiger partial charge on any atom is -0.493 e. The van der Waals surface area contributed by atoms with Crippen LogP contribution in [0.2, 0.25) is 0 Å². The van der Waals surface area contributed by atoms with Gasteiger partial charge in [0.15, 0.2) is 11.5 Å². The second-order valence-electron chi connectivity index (χ2n) is 5.32. The highest BCUT2D eigenvalue weighted by Crippen LogP contribution is 2.38. The zero-order valence-corrected chi connectivity index (χ0v) is 15.7. The summed E-state index contributed by atoms with van der Waals surface area (Å²) >= 11 is 1.53. The molecule has 2 aromatic rings. The van der Waals surface area contributed by atoms with Gasteiger partial charge in [0.05, 0.1) is 26.6 Å². The molecular formula is C19H23NO4S. The van der Waals surface area contributed by atoms with Crippen molar-refractivity contribution in [1.29, 1.82) is 0 Å². The summed E-state index contributed by atoms with van der Waals surface area (Å²) in [5.74, 6) is 1.64. The van der Waals surface area contributed by atoms with Gasteiger partial charge in [-0.2, -0.15) is 0 Å². The minimum absolute atomic E-state index is 0.0254. The third kappa shape index (κ3) is 5.06. The van der Waals surface area contributed by atoms with E-state index in [2.05, 4.69) is 5.32 Å². The van der Waals surface area contributed by atoms with E-state index in [4.69, 9.17) is 14.2 Å². The van der Waals surface area contributed by atoms with E-state index in [9.17, 15) is 4.79 Å². The van der Waals surface area contributed by atoms with E-state index in [1.165, 1.54) is 11.8 Å². The zero-order valence-electron chi connectivity index (χ0n) is 14.9. The molecule has 134 valence electrons. The maximum absolute atomic E-state index is 12.3. The van der Waals surface area contributed by atoms with E-state index in [1.807, 2.05) is 49.4 Å². The summed E-state index contributed by atoms with van der Waals surface area (Å²) in [6.07, 6.45) is 0. The Morgan fingerprint density at radius 2 is 1.64 bits per heavy atom. The van der Waals surface area contributed by atoms with E-state index < -0.39 is 0 Å². The number of hydrogen-bond donors (Lipinski definition) is 1. The first-order valence-electron chi connectivity index (χ1n) is 7.87. The quantitative estimate of drug-likeness (QED) is 0.729. The Morgan fingerprint density at radius 1 is 1.04 bits per heavy atom. The fourth-order valence-electron chi connectivity index (χ4n) is 2.33. The molecule has 1 atom stereocenters. The van der Waals surface area contributed by atoms with Crippen molar-refractivity contribution in [2.45, 2.75) is 23.6 Å². The first-order chi connectivity index (χ1) is 12.1. The third-order valence-electron chi connectivity index (χ3n) is 3.62. The highest BCUT2D eigenvalue weighted by molar-refractivity contribution is 8.00. The second kappa shape index (κ2) is 9.22. The zero-order chi connectivity index (χ0) is 18.2. The van der Waals surface area contributed by atoms with Gasteiger partial charge in [0.2, 0.25) is 11.7 Å². The molecule has 0 aliphatic heterocycles. The van der Waals surface area contributed by atoms with Gasteiger partial charge in [-0.15, -0.1) is 11.8 Å². The van der Waals surface area contributed by atoms with Crippen molar-refractivity contribution in [1.82, 2.24) is 5.32 Å². The number of carbonyl (C=O) groups excluding carboxylic acids is 1. The number of hydrogen-bond acceptors (Lipinski definition) is 5. The smallest absolute Gasteiger partial charge is 0.233 e. The topological polar surface area (TPSA) is 56.8 Å². The molecule has 25 heavy (non-hydrogen) atoms. The Labute approximate surface area is 152 Å². The Hall–Kier alpha value is -2.34. The molecule has 1 N–H and O–H groups in total. The van der Waals surface area contributed by atoms with Crippen LogP contribution in [0.3, 0.4) is 0 Å². The van der Waals surface area contributed by atoms with Crippen molar-refractivity contribution in [3.05, 3.63) is 48.0 Å². The Balaban J connectivity index is 2.01. The van der Waals surface area contributed by atoms with Gasteiger partial charge in [0.25, 0.3) is 0 Å². The van der Waals surface area contributed by atoms with E-state index in [-0.39, 0.29) is 11.2 Å². The maximum Gasteiger partial charge on any atom is 0.233 e. The summed E-state index contributed by atoms with van der Waals surface area (Å²) < 4.78 is 16.0. The molecule has 0 spiro atoms. The lowest BCUT2D eigenvalue weighted by atomic mass is 10.1. The van der Waals surface area contributed by atoms with Gasteiger partial charge < -0.3 is 19.5 Å². The average Bonchev–Trinajstić information content (AvgIpc) is 2.65. The highest BCUT2D eigenvalue weighted by atomic mass is 32.2. The Morgan fingerprint density at radius 3 is 2.16 bits per heavy atom. The maximum atomic E-state index is 12.3. The average molecular weight is 361 g/mol. The van der Waals surface area contributed by atoms with E-state index >= 15 is 0 Å². The molecule has 2 aromatic carbocycles. The normalized spacial score (nSPS) is 11.5. The lowest BCUT2D eigenvalue weighted by molar-refractivity contribution is -0.120. The first kappa shape index (κ1) is 19.0. The van der Waals surface area contributed by atoms with E-state index in [1.54, 1.807) is 21.3 Å². The predicted octanol–water partition coefficient (Wildman–Crippen LogP) is 3.51. The molecule has 0 aliphatic carbocycles. The number of benzene rings is 2. The molecule has 0 unspecified atom stereocenters. The van der Waals surface area contributed by atoms with Crippen LogP contribution < -0.4 is 19.5 Å². The van der Waals surface area contributed by atoms with Gasteiger partial charge in [-0.25, -0.2) is 0 Å². The lowest BCUT2D eigenvalue weighted by Crippen LogP contribution is -2.30. The van der Waals surface area contributed by atoms with Crippen molar-refractivity contribution >= 4 is 17.7 Å². The van der Waals surface area contributed by atoms with Crippen LogP contribution in [0.1, 0.15) is 12.5 Å². The van der Waals surface area contributed by atoms with Gasteiger partial charge in [-0.3, -0.25) is 4.79 Å². The van der Waals surface area contributed by atoms with Crippen LogP contribution in [0.15, 0.2) is 47.4 Å². The number of ether oxygens (including phenoxy) is 3. The first-order valence-corrected chi connectivity index (χ1v) is 8.75. The SMILES string of the molecule is COc1cc(CNC(=O)[C@@H](C)Sc2ccccc2)cc(OC)c1OC. The fourth-order valence-corrected chi connectivity index (χ4v) is 3.24. The molecule has 0 saturated carbocycles. The van der Waals surface area contributed by atoms with Crippen molar-refractivity contribution in [3.8, 4) is 17.2 Å². The predicted molar refractivity (Wildman–Crippen MR) is 99.7 cm³/mol. The number of nitrogens with one attached hydrogen (secondary N) is 1. The molecule has 2 rings (SSSR count). The van der Waals surface area contributed by atoms with Crippen LogP contribution in [0.4, 0.5) is 0 Å². The van der Waals surface area contributed by atoms with E-state index in [0.717, 1.165) is 10.5 Å². The molecule has 0 radical (unpaired) electrons. The number of rotatable bonds is 8. The van der Waals surface area contributed by atoms with Crippen molar-refractivity contribution < 1.29 is 19.0 Å². The largest absolute Gasteiger partial charge is 0.493 e. The van der Waals surface area contributed by atoms with Crippen LogP contribution in [-0.4, -0.2) is 32.5 Å². The molecule has 0 heterocycles. The molecule has 0 saturated heterocycles. The van der Waals surface area contributed by atoms with Gasteiger partial charge in [0, 0.05) is 11.4 Å². The van der Waals surface area contributed by atoms with Gasteiger partial charge in [-0.1, -0.05) is 18.2 Å². The third-order valence-corrected chi connectivity index (χ3v) is 4.73. The van der Waals surface area contributed by atoms with Crippen molar-refractivity contribution in [2.24, 2.45) is 0 Å². The standard InChI is InChI=1S/C19H23NO4S/c1-13(25-15-8-6-5-7-9-15)19(21)20-12-14-10-16(22-2)18(24-4)17(11-14)23-3/h5-11,13H,12H2,1-4H3,(H,20,21)/t13-/m1/s1. The van der Waals surface area contributed by atoms with Gasteiger partial charge >= 0.3 is 0 Å². The van der Waals surface area contributed by atoms with E-state index in [0.29, 0.717) is 23.8 Å². The van der Waals surface area contributed by atoms with Crippen LogP contribution in [-0.2, 0) is 11.3 Å². The second-order valence-corrected chi connectivity index (χ2v) is 6.74. The van der Waals surface area contributed by atoms with Crippen molar-refractivity contribution in [3.63, 3.8) is 0 Å². The molecule has 6 heteroatoms. The molecule has 5 nitrogen and oxygen atoms in total. The Kier molecular flexibility index (Phi) is 7.01. The number of carbonyl (C=O) groups is 1. The van der Waals surface area contributed by atoms with Crippen LogP contribution in [0, 0.1) is 0 Å². The lowest BCUT2D eigenvalue weighted by Gasteiger charge is -2.15. The molecule has 0 aliphatic rings. The summed E-state index contributed by atoms with van der Waals surface area (Å²) in [5, 5.41) is 2.76. The summed E-state index contributed by atoms with van der Waals surface area (Å²) in [4.78, 5) is 13.4. The molecule has 1 amide bonds. The number of amides is 1. The number of methoxy groups -OCH3 is 3. The molecule has 0 fully saturated rings. The van der Waals surface area contributed by atoms with Crippen LogP contribution in [0.5, 0.6) is 17.2 Å². The van der Waals surface area contributed by atoms with Gasteiger partial charge in [0.1, 0.15) is 0 Å². The monoisotopic (exact) mass is 361 g/mol. The Bertz CT molecular complexity index is 681. The fraction of sp³-hybridized carbons (Fsp3) is 0.316. The number of thioether (sulfide) groups is 1. The van der Waals surface area contributed by atoms with Crippen LogP contribution in [0.25, 0.3) is 0 Å². The van der Waals surface area contributed by atoms with Crippen molar-refractivity contribution in [2.75, 3.05) is 21.3 Å². The molecule has 0 bridgehead atoms. The minimum atomic E-state index is -0.190. The van der Waals surface area contributed by atoms with Gasteiger partial charge in [-0.05, 0) is 36.8 Å². The summed E-state index contributed by atoms with van der Waals surface area (Å²) in [6.45, 7) is 2.28. The van der Waals surface area contributed by atoms with Crippen LogP contribution >= 0.6 is 11.8 Å². The highest BCUT2D eigenvalue weighted by Gasteiger charge is 2.16.